The van der Waals surface area contributed by atoms with Crippen LogP contribution in [-0.2, 0) is 22.6 Å². The number of hydrogen-bond acceptors (Lipinski definition) is 5. The largest absolute Gasteiger partial charge is 0.439 e. The van der Waals surface area contributed by atoms with E-state index in [0.29, 0.717) is 19.8 Å². The van der Waals surface area contributed by atoms with Crippen molar-refractivity contribution in [1.29, 1.82) is 0 Å². The minimum Gasteiger partial charge on any atom is -0.439 e. The number of benzene rings is 3. The molecule has 0 radical (unpaired) electrons. The fourth-order valence-corrected chi connectivity index (χ4v) is 5.46. The Bertz CT molecular complexity index is 1590. The van der Waals surface area contributed by atoms with E-state index in [-0.39, 0.29) is 0 Å². The molecule has 1 aliphatic heterocycles. The Morgan fingerprint density at radius 3 is 2.51 bits per heavy atom. The summed E-state index contributed by atoms with van der Waals surface area (Å²) in [4.78, 5) is 4.56. The molecule has 43 heavy (non-hydrogen) atoms. The normalized spacial score (nSPS) is 14.1. The van der Waals surface area contributed by atoms with E-state index in [1.807, 2.05) is 0 Å². The summed E-state index contributed by atoms with van der Waals surface area (Å²) in [6.07, 6.45) is 6.59. The highest BCUT2D eigenvalue weighted by Gasteiger charge is 2.23. The Hall–Kier alpha value is -3.97. The third-order valence-corrected chi connectivity index (χ3v) is 8.07. The molecular weight excluding hydrogens is 534 g/mol. The average molecular weight is 579 g/mol. The van der Waals surface area contributed by atoms with E-state index in [1.165, 1.54) is 22.0 Å². The fraction of sp³-hybridized carbons (Fsp3) is 0.324. The molecule has 0 unspecified atom stereocenters. The summed E-state index contributed by atoms with van der Waals surface area (Å²) >= 11 is 0. The van der Waals surface area contributed by atoms with Gasteiger partial charge in [0.25, 0.3) is 0 Å². The van der Waals surface area contributed by atoms with Crippen molar-refractivity contribution in [2.75, 3.05) is 52.0 Å². The first kappa shape index (κ1) is 30.5. The van der Waals surface area contributed by atoms with Crippen LogP contribution in [0.4, 0.5) is 5.69 Å². The van der Waals surface area contributed by atoms with Gasteiger partial charge in [0, 0.05) is 38.9 Å². The van der Waals surface area contributed by atoms with Crippen LogP contribution in [0.5, 0.6) is 5.75 Å². The van der Waals surface area contributed by atoms with Crippen LogP contribution in [0.2, 0.25) is 0 Å². The predicted molar refractivity (Wildman–Crippen MR) is 176 cm³/mol. The maximum atomic E-state index is 6.36. The monoisotopic (exact) mass is 578 g/mol. The molecule has 0 aliphatic carbocycles. The number of fused-ring (bicyclic) bond motifs is 2. The molecule has 4 aromatic rings. The van der Waals surface area contributed by atoms with Crippen molar-refractivity contribution >= 4 is 28.2 Å². The van der Waals surface area contributed by atoms with Gasteiger partial charge in [-0.25, -0.2) is 0 Å². The van der Waals surface area contributed by atoms with Gasteiger partial charge in [0.1, 0.15) is 6.61 Å². The van der Waals surface area contributed by atoms with Crippen LogP contribution in [0.1, 0.15) is 36.1 Å². The lowest BCUT2D eigenvalue weighted by atomic mass is 9.99. The molecule has 0 N–H and O–H groups in total. The van der Waals surface area contributed by atoms with Gasteiger partial charge in [0.05, 0.1) is 24.3 Å². The zero-order valence-corrected chi connectivity index (χ0v) is 26.2. The highest BCUT2D eigenvalue weighted by atomic mass is 16.5. The molecule has 0 amide bonds. The summed E-state index contributed by atoms with van der Waals surface area (Å²) in [5.41, 5.74) is 8.17. The summed E-state index contributed by atoms with van der Waals surface area (Å²) in [5, 5.41) is 1.19. The van der Waals surface area contributed by atoms with E-state index < -0.39 is 0 Å². The van der Waals surface area contributed by atoms with Gasteiger partial charge in [-0.05, 0) is 72.1 Å². The quantitative estimate of drug-likeness (QED) is 0.128. The topological polar surface area (TPSA) is 38.1 Å². The molecule has 5 rings (SSSR count). The number of ether oxygens (including phenoxy) is 3. The highest BCUT2D eigenvalue weighted by molar-refractivity contribution is 5.95. The minimum absolute atomic E-state index is 0.599. The molecule has 0 saturated heterocycles. The van der Waals surface area contributed by atoms with Crippen molar-refractivity contribution < 1.29 is 18.8 Å². The van der Waals surface area contributed by atoms with Gasteiger partial charge in [-0.1, -0.05) is 56.3 Å². The SMILES string of the molecule is CCN(CC)Cc1ccc(C(=Cc2cc[n+](CCOCCOC)c3ccccc23)C=C2Oc3ccc(C)cc3N2C)cc1. The van der Waals surface area contributed by atoms with Gasteiger partial charge in [0.2, 0.25) is 11.4 Å². The van der Waals surface area contributed by atoms with Crippen LogP contribution in [0.3, 0.4) is 0 Å². The van der Waals surface area contributed by atoms with E-state index in [9.17, 15) is 0 Å². The Kier molecular flexibility index (Phi) is 10.3. The summed E-state index contributed by atoms with van der Waals surface area (Å²) in [6, 6.07) is 26.0. The first-order chi connectivity index (χ1) is 21.0. The number of nitrogens with zero attached hydrogens (tertiary/aromatic N) is 3. The van der Waals surface area contributed by atoms with Crippen molar-refractivity contribution in [2.45, 2.75) is 33.9 Å². The number of methoxy groups -OCH3 is 1. The van der Waals surface area contributed by atoms with Crippen LogP contribution < -0.4 is 14.2 Å². The van der Waals surface area contributed by atoms with Crippen LogP contribution >= 0.6 is 0 Å². The second-order valence-electron chi connectivity index (χ2n) is 11.0. The predicted octanol–water partition coefficient (Wildman–Crippen LogP) is 6.85. The highest BCUT2D eigenvalue weighted by Crippen LogP contribution is 2.39. The van der Waals surface area contributed by atoms with Crippen molar-refractivity contribution in [1.82, 2.24) is 4.90 Å². The number of para-hydroxylation sites is 1. The van der Waals surface area contributed by atoms with Crippen molar-refractivity contribution in [3.63, 3.8) is 0 Å². The molecule has 0 saturated carbocycles. The van der Waals surface area contributed by atoms with Gasteiger partial charge >= 0.3 is 0 Å². The standard InChI is InChI=1S/C37H44N3O3/c1-6-39(7-2)27-29-13-15-30(16-14-29)32(26-37-38(4)35-24-28(3)12-17-36(35)43-37)25-31-18-19-40(20-21-42-23-22-41-5)34-11-9-8-10-33(31)34/h8-19,24-26H,6-7,20-23,27H2,1-5H3/q+1. The average Bonchev–Trinajstić information content (AvgIpc) is 3.34. The molecule has 6 heteroatoms. The summed E-state index contributed by atoms with van der Waals surface area (Å²) < 4.78 is 19.5. The van der Waals surface area contributed by atoms with E-state index in [4.69, 9.17) is 14.2 Å². The van der Waals surface area contributed by atoms with Crippen LogP contribution in [0.15, 0.2) is 91.0 Å². The van der Waals surface area contributed by atoms with Crippen molar-refractivity contribution in [3.8, 4) is 5.75 Å². The third kappa shape index (κ3) is 7.34. The summed E-state index contributed by atoms with van der Waals surface area (Å²) in [6.45, 7) is 12.2. The van der Waals surface area contributed by atoms with E-state index in [1.54, 1.807) is 7.11 Å². The molecule has 224 valence electrons. The fourth-order valence-electron chi connectivity index (χ4n) is 5.46. The Labute approximate surface area is 256 Å². The zero-order valence-electron chi connectivity index (χ0n) is 26.2. The van der Waals surface area contributed by atoms with Gasteiger partial charge in [0.15, 0.2) is 18.5 Å². The Balaban J connectivity index is 1.53. The summed E-state index contributed by atoms with van der Waals surface area (Å²) in [5.74, 6) is 1.69. The molecule has 0 bridgehead atoms. The maximum Gasteiger partial charge on any atom is 0.213 e. The number of anilines is 1. The molecule has 2 heterocycles. The Morgan fingerprint density at radius 2 is 1.74 bits per heavy atom. The zero-order chi connectivity index (χ0) is 30.2. The molecule has 1 aliphatic rings. The number of aromatic nitrogens is 1. The lowest BCUT2D eigenvalue weighted by Gasteiger charge is -2.18. The second kappa shape index (κ2) is 14.5. The van der Waals surface area contributed by atoms with Gasteiger partial charge in [-0.15, -0.1) is 0 Å². The number of allylic oxidation sites excluding steroid dienone is 2. The number of hydrogen-bond donors (Lipinski definition) is 0. The van der Waals surface area contributed by atoms with Crippen LogP contribution in [-0.4, -0.2) is 52.0 Å². The van der Waals surface area contributed by atoms with Crippen molar-refractivity contribution in [3.05, 3.63) is 113 Å². The smallest absolute Gasteiger partial charge is 0.213 e. The first-order valence-corrected chi connectivity index (χ1v) is 15.3. The third-order valence-electron chi connectivity index (χ3n) is 8.07. The summed E-state index contributed by atoms with van der Waals surface area (Å²) in [7, 11) is 3.76. The lowest BCUT2D eigenvalue weighted by molar-refractivity contribution is -0.673. The van der Waals surface area contributed by atoms with Crippen LogP contribution in [0, 0.1) is 6.92 Å². The molecule has 0 spiro atoms. The lowest BCUT2D eigenvalue weighted by Crippen LogP contribution is -2.36. The molecule has 0 atom stereocenters. The first-order valence-electron chi connectivity index (χ1n) is 15.3. The molecule has 0 fully saturated rings. The van der Waals surface area contributed by atoms with Gasteiger partial charge in [-0.2, -0.15) is 4.57 Å². The molecule has 1 aromatic heterocycles. The number of rotatable bonds is 13. The van der Waals surface area contributed by atoms with Gasteiger partial charge in [-0.3, -0.25) is 4.90 Å². The maximum absolute atomic E-state index is 6.36. The molecular formula is C37H44N3O3+. The number of aryl methyl sites for hydroxylation is 1. The molecule has 6 nitrogen and oxygen atoms in total. The van der Waals surface area contributed by atoms with E-state index >= 15 is 0 Å². The number of pyridine rings is 1. The van der Waals surface area contributed by atoms with E-state index in [2.05, 4.69) is 133 Å². The molecule has 3 aromatic carbocycles. The van der Waals surface area contributed by atoms with Crippen molar-refractivity contribution in [2.24, 2.45) is 0 Å². The second-order valence-corrected chi connectivity index (χ2v) is 11.0. The Morgan fingerprint density at radius 1 is 0.953 bits per heavy atom. The minimum atomic E-state index is 0.599. The van der Waals surface area contributed by atoms with Crippen LogP contribution in [0.25, 0.3) is 22.6 Å². The van der Waals surface area contributed by atoms with E-state index in [0.717, 1.165) is 60.2 Å². The van der Waals surface area contributed by atoms with Gasteiger partial charge < -0.3 is 19.1 Å².